The van der Waals surface area contributed by atoms with Gasteiger partial charge in [-0.3, -0.25) is 4.98 Å². The van der Waals surface area contributed by atoms with Crippen LogP contribution in [0.3, 0.4) is 0 Å². The lowest BCUT2D eigenvalue weighted by atomic mass is 9.83. The summed E-state index contributed by atoms with van der Waals surface area (Å²) in [6, 6.07) is 3.74. The second-order valence-corrected chi connectivity index (χ2v) is 5.58. The molecule has 100 valence electrons. The second kappa shape index (κ2) is 6.86. The van der Waals surface area contributed by atoms with Crippen molar-refractivity contribution < 1.29 is 5.11 Å². The van der Waals surface area contributed by atoms with E-state index in [0.29, 0.717) is 6.54 Å². The van der Waals surface area contributed by atoms with Gasteiger partial charge in [-0.05, 0) is 48.9 Å². The van der Waals surface area contributed by atoms with Crippen LogP contribution in [0.1, 0.15) is 44.3 Å². The predicted molar refractivity (Wildman–Crippen MR) is 73.2 cm³/mol. The molecule has 1 aliphatic rings. The summed E-state index contributed by atoms with van der Waals surface area (Å²) in [5.41, 5.74) is 0.940. The molecule has 1 aromatic rings. The third-order valence-corrected chi connectivity index (χ3v) is 4.00. The van der Waals surface area contributed by atoms with E-state index in [1.54, 1.807) is 12.4 Å². The quantitative estimate of drug-likeness (QED) is 0.841. The van der Waals surface area contributed by atoms with Gasteiger partial charge in [-0.25, -0.2) is 0 Å². The van der Waals surface area contributed by atoms with Crippen molar-refractivity contribution in [3.63, 3.8) is 0 Å². The van der Waals surface area contributed by atoms with Crippen molar-refractivity contribution in [1.82, 2.24) is 10.3 Å². The molecule has 0 bridgehead atoms. The highest BCUT2D eigenvalue weighted by Crippen LogP contribution is 2.27. The van der Waals surface area contributed by atoms with Gasteiger partial charge in [-0.15, -0.1) is 0 Å². The zero-order valence-corrected chi connectivity index (χ0v) is 11.2. The summed E-state index contributed by atoms with van der Waals surface area (Å²) >= 11 is 0. The minimum atomic E-state index is -0.421. The molecule has 0 spiro atoms. The Morgan fingerprint density at radius 2 is 1.94 bits per heavy atom. The van der Waals surface area contributed by atoms with Crippen LogP contribution in [0.25, 0.3) is 0 Å². The third-order valence-electron chi connectivity index (χ3n) is 4.00. The van der Waals surface area contributed by atoms with Gasteiger partial charge in [0, 0.05) is 18.9 Å². The summed E-state index contributed by atoms with van der Waals surface area (Å²) in [5, 5.41) is 13.4. The van der Waals surface area contributed by atoms with Crippen LogP contribution >= 0.6 is 0 Å². The zero-order valence-electron chi connectivity index (χ0n) is 11.2. The lowest BCUT2D eigenvalue weighted by Crippen LogP contribution is -2.29. The molecule has 2 N–H and O–H groups in total. The number of hydrogen-bond acceptors (Lipinski definition) is 3. The van der Waals surface area contributed by atoms with E-state index in [1.165, 1.54) is 25.7 Å². The number of rotatable bonds is 5. The van der Waals surface area contributed by atoms with Crippen molar-refractivity contribution in [2.45, 2.75) is 38.7 Å². The fourth-order valence-corrected chi connectivity index (χ4v) is 2.66. The molecule has 1 aromatic heterocycles. The molecule has 0 saturated heterocycles. The number of hydrogen-bond donors (Lipinski definition) is 2. The summed E-state index contributed by atoms with van der Waals surface area (Å²) in [6.07, 6.45) is 8.41. The maximum Gasteiger partial charge on any atom is 0.0915 e. The van der Waals surface area contributed by atoms with Crippen molar-refractivity contribution >= 4 is 0 Å². The lowest BCUT2D eigenvalue weighted by Gasteiger charge is -2.26. The summed E-state index contributed by atoms with van der Waals surface area (Å²) in [7, 11) is 0. The predicted octanol–water partition coefficient (Wildman–Crippen LogP) is 2.53. The number of nitrogens with zero attached hydrogens (tertiary/aromatic N) is 1. The van der Waals surface area contributed by atoms with E-state index in [1.807, 2.05) is 12.1 Å². The highest BCUT2D eigenvalue weighted by Gasteiger charge is 2.18. The molecule has 1 atom stereocenters. The monoisotopic (exact) mass is 248 g/mol. The average Bonchev–Trinajstić information content (AvgIpc) is 2.42. The van der Waals surface area contributed by atoms with Gasteiger partial charge in [-0.1, -0.05) is 19.8 Å². The van der Waals surface area contributed by atoms with E-state index in [-0.39, 0.29) is 0 Å². The molecular formula is C15H24N2O. The SMILES string of the molecule is CC1CCC(CNCC(O)c2ccncc2)CC1. The molecule has 0 amide bonds. The number of aliphatic hydroxyl groups is 1. The Labute approximate surface area is 110 Å². The maximum atomic E-state index is 10.0. The molecule has 0 radical (unpaired) electrons. The topological polar surface area (TPSA) is 45.1 Å². The van der Waals surface area contributed by atoms with Gasteiger partial charge in [0.15, 0.2) is 0 Å². The Morgan fingerprint density at radius 3 is 2.61 bits per heavy atom. The van der Waals surface area contributed by atoms with Crippen LogP contribution < -0.4 is 5.32 Å². The lowest BCUT2D eigenvalue weighted by molar-refractivity contribution is 0.169. The number of nitrogens with one attached hydrogen (secondary N) is 1. The first-order chi connectivity index (χ1) is 8.75. The van der Waals surface area contributed by atoms with Crippen LogP contribution in [-0.2, 0) is 0 Å². The third kappa shape index (κ3) is 4.07. The van der Waals surface area contributed by atoms with Crippen LogP contribution in [-0.4, -0.2) is 23.2 Å². The standard InChI is InChI=1S/C15H24N2O/c1-12-2-4-13(5-3-12)10-17-11-15(18)14-6-8-16-9-7-14/h6-9,12-13,15,17-18H,2-5,10-11H2,1H3. The van der Waals surface area contributed by atoms with Gasteiger partial charge in [0.2, 0.25) is 0 Å². The Bertz CT molecular complexity index is 334. The fourth-order valence-electron chi connectivity index (χ4n) is 2.66. The maximum absolute atomic E-state index is 10.0. The highest BCUT2D eigenvalue weighted by atomic mass is 16.3. The first kappa shape index (κ1) is 13.5. The molecule has 1 aliphatic carbocycles. The van der Waals surface area contributed by atoms with Crippen LogP contribution in [0.5, 0.6) is 0 Å². The second-order valence-electron chi connectivity index (χ2n) is 5.58. The fraction of sp³-hybridized carbons (Fsp3) is 0.667. The molecule has 1 heterocycles. The molecule has 1 saturated carbocycles. The van der Waals surface area contributed by atoms with Crippen molar-refractivity contribution in [2.24, 2.45) is 11.8 Å². The number of pyridine rings is 1. The average molecular weight is 248 g/mol. The summed E-state index contributed by atoms with van der Waals surface area (Å²) in [4.78, 5) is 3.96. The molecule has 1 unspecified atom stereocenters. The molecule has 3 nitrogen and oxygen atoms in total. The summed E-state index contributed by atoms with van der Waals surface area (Å²) < 4.78 is 0. The largest absolute Gasteiger partial charge is 0.387 e. The van der Waals surface area contributed by atoms with Gasteiger partial charge in [0.05, 0.1) is 6.10 Å². The Morgan fingerprint density at radius 1 is 1.28 bits per heavy atom. The van der Waals surface area contributed by atoms with E-state index in [2.05, 4.69) is 17.2 Å². The first-order valence-corrected chi connectivity index (χ1v) is 7.04. The zero-order chi connectivity index (χ0) is 12.8. The molecule has 3 heteroatoms. The van der Waals surface area contributed by atoms with E-state index in [0.717, 1.165) is 23.9 Å². The van der Waals surface area contributed by atoms with Crippen LogP contribution in [0.15, 0.2) is 24.5 Å². The van der Waals surface area contributed by atoms with E-state index >= 15 is 0 Å². The summed E-state index contributed by atoms with van der Waals surface area (Å²) in [5.74, 6) is 1.70. The van der Waals surface area contributed by atoms with Gasteiger partial charge < -0.3 is 10.4 Å². The van der Waals surface area contributed by atoms with Gasteiger partial charge in [0.25, 0.3) is 0 Å². The van der Waals surface area contributed by atoms with E-state index in [4.69, 9.17) is 0 Å². The van der Waals surface area contributed by atoms with Gasteiger partial charge in [0.1, 0.15) is 0 Å². The molecule has 1 fully saturated rings. The van der Waals surface area contributed by atoms with E-state index in [9.17, 15) is 5.11 Å². The van der Waals surface area contributed by atoms with Crippen molar-refractivity contribution in [1.29, 1.82) is 0 Å². The Balaban J connectivity index is 1.66. The van der Waals surface area contributed by atoms with Crippen LogP contribution in [0, 0.1) is 11.8 Å². The molecule has 0 aromatic carbocycles. The van der Waals surface area contributed by atoms with E-state index < -0.39 is 6.10 Å². The molecule has 0 aliphatic heterocycles. The van der Waals surface area contributed by atoms with Crippen molar-refractivity contribution in [3.8, 4) is 0 Å². The number of aromatic nitrogens is 1. The Kier molecular flexibility index (Phi) is 5.14. The first-order valence-electron chi connectivity index (χ1n) is 7.04. The normalized spacial score (nSPS) is 25.9. The molecule has 18 heavy (non-hydrogen) atoms. The summed E-state index contributed by atoms with van der Waals surface area (Å²) in [6.45, 7) is 4.02. The molecule has 2 rings (SSSR count). The van der Waals surface area contributed by atoms with Crippen molar-refractivity contribution in [2.75, 3.05) is 13.1 Å². The van der Waals surface area contributed by atoms with Crippen molar-refractivity contribution in [3.05, 3.63) is 30.1 Å². The minimum absolute atomic E-state index is 0.421. The highest BCUT2D eigenvalue weighted by molar-refractivity contribution is 5.13. The molecular weight excluding hydrogens is 224 g/mol. The van der Waals surface area contributed by atoms with Crippen LogP contribution in [0.4, 0.5) is 0 Å². The smallest absolute Gasteiger partial charge is 0.0915 e. The Hall–Kier alpha value is -0.930. The van der Waals surface area contributed by atoms with Gasteiger partial charge >= 0.3 is 0 Å². The van der Waals surface area contributed by atoms with Crippen LogP contribution in [0.2, 0.25) is 0 Å². The van der Waals surface area contributed by atoms with Gasteiger partial charge in [-0.2, -0.15) is 0 Å². The number of aliphatic hydroxyl groups excluding tert-OH is 1. The minimum Gasteiger partial charge on any atom is -0.387 e.